The monoisotopic (exact) mass is 434 g/mol. The molecule has 4 fully saturated rings. The molecule has 0 N–H and O–H groups in total. The molecular weight excluding hydrogens is 392 g/mol. The number of nitrogens with zero attached hydrogens (tertiary/aromatic N) is 2. The maximum atomic E-state index is 13.8. The van der Waals surface area contributed by atoms with Gasteiger partial charge in [-0.05, 0) is 83.5 Å². The van der Waals surface area contributed by atoms with Gasteiger partial charge in [-0.25, -0.2) is 4.79 Å². The lowest BCUT2D eigenvalue weighted by atomic mass is 9.77. The predicted molar refractivity (Wildman–Crippen MR) is 120 cm³/mol. The fourth-order valence-electron chi connectivity index (χ4n) is 6.57. The Labute approximate surface area is 188 Å². The summed E-state index contributed by atoms with van der Waals surface area (Å²) in [5, 5.41) is 0. The molecule has 1 aliphatic carbocycles. The van der Waals surface area contributed by atoms with Crippen molar-refractivity contribution in [2.45, 2.75) is 97.2 Å². The molecule has 4 rings (SSSR count). The quantitative estimate of drug-likeness (QED) is 0.655. The van der Waals surface area contributed by atoms with Crippen molar-refractivity contribution in [3.63, 3.8) is 0 Å². The van der Waals surface area contributed by atoms with Crippen LogP contribution in [-0.2, 0) is 14.3 Å². The number of carbonyl (C=O) groups excluding carboxylic acids is 2. The van der Waals surface area contributed by atoms with E-state index in [9.17, 15) is 9.59 Å². The van der Waals surface area contributed by atoms with E-state index in [1.54, 1.807) is 0 Å². The van der Waals surface area contributed by atoms with Crippen LogP contribution in [0.1, 0.15) is 79.6 Å². The van der Waals surface area contributed by atoms with Gasteiger partial charge in [0.2, 0.25) is 5.91 Å². The molecule has 3 aliphatic heterocycles. The summed E-state index contributed by atoms with van der Waals surface area (Å²) >= 11 is 0. The van der Waals surface area contributed by atoms with Crippen LogP contribution in [0.25, 0.3) is 0 Å². The summed E-state index contributed by atoms with van der Waals surface area (Å²) in [5.41, 5.74) is -0.679. The van der Waals surface area contributed by atoms with Crippen molar-refractivity contribution in [2.75, 3.05) is 26.3 Å². The zero-order valence-corrected chi connectivity index (χ0v) is 20.2. The maximum absolute atomic E-state index is 13.8. The number of likely N-dealkylation sites (tertiary alicyclic amines) is 2. The molecule has 1 unspecified atom stereocenters. The highest BCUT2D eigenvalue weighted by atomic mass is 16.6. The van der Waals surface area contributed by atoms with Crippen molar-refractivity contribution in [2.24, 2.45) is 23.2 Å². The molecule has 0 aromatic carbocycles. The van der Waals surface area contributed by atoms with E-state index in [1.807, 2.05) is 25.7 Å². The number of fused-ring (bicyclic) bond motifs is 2. The molecule has 2 bridgehead atoms. The van der Waals surface area contributed by atoms with Crippen LogP contribution in [0.2, 0.25) is 0 Å². The fourth-order valence-corrected chi connectivity index (χ4v) is 6.57. The predicted octanol–water partition coefficient (Wildman–Crippen LogP) is 4.47. The Morgan fingerprint density at radius 1 is 1.13 bits per heavy atom. The van der Waals surface area contributed by atoms with Crippen LogP contribution in [0, 0.1) is 23.2 Å². The molecule has 0 aromatic rings. The molecule has 6 atom stereocenters. The lowest BCUT2D eigenvalue weighted by Crippen LogP contribution is -2.54. The summed E-state index contributed by atoms with van der Waals surface area (Å²) in [6.45, 7) is 13.3. The molecule has 1 saturated carbocycles. The van der Waals surface area contributed by atoms with Crippen molar-refractivity contribution in [1.82, 2.24) is 9.80 Å². The summed E-state index contributed by atoms with van der Waals surface area (Å²) in [6.07, 6.45) is 7.24. The third-order valence-corrected chi connectivity index (χ3v) is 8.43. The molecule has 3 saturated heterocycles. The van der Waals surface area contributed by atoms with Gasteiger partial charge in [-0.15, -0.1) is 0 Å². The first-order valence-corrected chi connectivity index (χ1v) is 12.5. The molecule has 2 amide bonds. The molecule has 6 nitrogen and oxygen atoms in total. The van der Waals surface area contributed by atoms with E-state index in [1.165, 1.54) is 19.3 Å². The van der Waals surface area contributed by atoms with Crippen molar-refractivity contribution in [1.29, 1.82) is 0 Å². The highest BCUT2D eigenvalue weighted by Gasteiger charge is 2.53. The molecule has 31 heavy (non-hydrogen) atoms. The minimum atomic E-state index is -0.485. The highest BCUT2D eigenvalue weighted by molar-refractivity contribution is 5.84. The molecule has 4 aliphatic rings. The normalized spacial score (nSPS) is 38.0. The molecular formula is C25H42N2O4. The second-order valence-electron chi connectivity index (χ2n) is 11.7. The third kappa shape index (κ3) is 4.60. The van der Waals surface area contributed by atoms with Crippen LogP contribution in [0.15, 0.2) is 0 Å². The van der Waals surface area contributed by atoms with Gasteiger partial charge in [-0.2, -0.15) is 0 Å². The highest BCUT2D eigenvalue weighted by Crippen LogP contribution is 2.50. The van der Waals surface area contributed by atoms with Gasteiger partial charge in [0, 0.05) is 31.7 Å². The lowest BCUT2D eigenvalue weighted by molar-refractivity contribution is -0.145. The summed E-state index contributed by atoms with van der Waals surface area (Å²) < 4.78 is 11.2. The maximum Gasteiger partial charge on any atom is 0.410 e. The lowest BCUT2D eigenvalue weighted by Gasteiger charge is -2.39. The number of carbonyl (C=O) groups is 2. The molecule has 0 aromatic heterocycles. The van der Waals surface area contributed by atoms with Crippen LogP contribution >= 0.6 is 0 Å². The summed E-state index contributed by atoms with van der Waals surface area (Å²) in [5.74, 6) is 2.39. The Balaban J connectivity index is 1.35. The first-order valence-electron chi connectivity index (χ1n) is 12.5. The van der Waals surface area contributed by atoms with Crippen LogP contribution < -0.4 is 0 Å². The number of amides is 2. The van der Waals surface area contributed by atoms with E-state index in [-0.39, 0.29) is 23.6 Å². The van der Waals surface area contributed by atoms with Crippen LogP contribution in [0.4, 0.5) is 4.79 Å². The van der Waals surface area contributed by atoms with Crippen molar-refractivity contribution >= 4 is 12.0 Å². The average Bonchev–Trinajstić information content (AvgIpc) is 3.42. The molecule has 0 spiro atoms. The van der Waals surface area contributed by atoms with E-state index in [2.05, 4.69) is 18.7 Å². The number of ether oxygens (including phenoxy) is 2. The first-order chi connectivity index (χ1) is 14.6. The smallest absolute Gasteiger partial charge is 0.410 e. The molecule has 0 radical (unpaired) electrons. The van der Waals surface area contributed by atoms with Crippen LogP contribution in [0.5, 0.6) is 0 Å². The topological polar surface area (TPSA) is 59.1 Å². The SMILES string of the molecule is CC[C@]1(C(=O)N2C[C@@H]3C[C@H]2CN3C(=O)OC(C)(C)C)CC[C@@H](CC2CCOC[C@H]2C)C1. The van der Waals surface area contributed by atoms with E-state index < -0.39 is 5.60 Å². The van der Waals surface area contributed by atoms with Gasteiger partial charge in [-0.1, -0.05) is 13.8 Å². The van der Waals surface area contributed by atoms with Crippen molar-refractivity contribution in [3.05, 3.63) is 0 Å². The van der Waals surface area contributed by atoms with Crippen molar-refractivity contribution in [3.8, 4) is 0 Å². The Morgan fingerprint density at radius 2 is 1.84 bits per heavy atom. The Bertz CT molecular complexity index is 689. The first kappa shape index (κ1) is 22.9. The minimum absolute atomic E-state index is 0.109. The van der Waals surface area contributed by atoms with Gasteiger partial charge >= 0.3 is 6.09 Å². The van der Waals surface area contributed by atoms with Gasteiger partial charge in [0.05, 0.1) is 12.1 Å². The van der Waals surface area contributed by atoms with E-state index in [0.717, 1.165) is 44.8 Å². The number of rotatable bonds is 4. The van der Waals surface area contributed by atoms with Gasteiger partial charge in [0.25, 0.3) is 0 Å². The molecule has 176 valence electrons. The fraction of sp³-hybridized carbons (Fsp3) is 0.920. The van der Waals surface area contributed by atoms with Gasteiger partial charge in [0.1, 0.15) is 5.60 Å². The Kier molecular flexibility index (Phi) is 6.32. The van der Waals surface area contributed by atoms with Crippen LogP contribution in [0.3, 0.4) is 0 Å². The Hall–Kier alpha value is -1.30. The number of hydrogen-bond acceptors (Lipinski definition) is 4. The number of piperazine rings is 1. The van der Waals surface area contributed by atoms with E-state index in [0.29, 0.717) is 30.8 Å². The minimum Gasteiger partial charge on any atom is -0.444 e. The largest absolute Gasteiger partial charge is 0.444 e. The summed E-state index contributed by atoms with van der Waals surface area (Å²) in [4.78, 5) is 30.3. The van der Waals surface area contributed by atoms with Crippen LogP contribution in [-0.4, -0.2) is 65.8 Å². The second-order valence-corrected chi connectivity index (χ2v) is 11.7. The third-order valence-electron chi connectivity index (χ3n) is 8.43. The molecule has 3 heterocycles. The van der Waals surface area contributed by atoms with Gasteiger partial charge in [0.15, 0.2) is 0 Å². The average molecular weight is 435 g/mol. The Morgan fingerprint density at radius 3 is 2.45 bits per heavy atom. The van der Waals surface area contributed by atoms with Gasteiger partial charge < -0.3 is 19.3 Å². The summed E-state index contributed by atoms with van der Waals surface area (Å²) in [6, 6.07) is 0.265. The molecule has 6 heteroatoms. The number of hydrogen-bond donors (Lipinski definition) is 0. The standard InChI is InChI=1S/C25H42N2O4/c1-6-25(9-7-18(13-25)11-19-8-10-30-16-17(19)2)22(28)26-14-21-12-20(26)15-27(21)23(29)31-24(3,4)5/h17-21H,6-16H2,1-5H3/t17-,18+,19?,20+,21+,25+/m1/s1. The second kappa shape index (κ2) is 8.57. The summed E-state index contributed by atoms with van der Waals surface area (Å²) in [7, 11) is 0. The van der Waals surface area contributed by atoms with E-state index in [4.69, 9.17) is 9.47 Å². The van der Waals surface area contributed by atoms with Gasteiger partial charge in [-0.3, -0.25) is 4.79 Å². The zero-order chi connectivity index (χ0) is 22.4. The van der Waals surface area contributed by atoms with E-state index >= 15 is 0 Å². The zero-order valence-electron chi connectivity index (χ0n) is 20.2. The van der Waals surface area contributed by atoms with Crippen molar-refractivity contribution < 1.29 is 19.1 Å².